The highest BCUT2D eigenvalue weighted by Crippen LogP contribution is 2.52. The van der Waals surface area contributed by atoms with Crippen molar-refractivity contribution in [3.05, 3.63) is 0 Å². The highest BCUT2D eigenvalue weighted by Gasteiger charge is 2.64. The van der Waals surface area contributed by atoms with Gasteiger partial charge in [-0.15, -0.1) is 0 Å². The third-order valence-electron chi connectivity index (χ3n) is 4.01. The number of rotatable bonds is 4. The van der Waals surface area contributed by atoms with Gasteiger partial charge in [0.2, 0.25) is 0 Å². The Kier molecular flexibility index (Phi) is 3.23. The van der Waals surface area contributed by atoms with Crippen LogP contribution >= 0.6 is 0 Å². The monoisotopic (exact) mass is 242 g/mol. The molecule has 1 unspecified atom stereocenters. The third-order valence-corrected chi connectivity index (χ3v) is 4.01. The van der Waals surface area contributed by atoms with Gasteiger partial charge in [-0.3, -0.25) is 9.59 Å². The molecule has 96 valence electrons. The summed E-state index contributed by atoms with van der Waals surface area (Å²) in [5, 5.41) is 9.46. The molecule has 0 radical (unpaired) electrons. The molecule has 2 fully saturated rings. The van der Waals surface area contributed by atoms with E-state index in [0.29, 0.717) is 13.0 Å². The molecule has 1 saturated carbocycles. The Bertz CT molecular complexity index is 316. The van der Waals surface area contributed by atoms with Gasteiger partial charge in [0.1, 0.15) is 16.8 Å². The van der Waals surface area contributed by atoms with Gasteiger partial charge in [-0.25, -0.2) is 0 Å². The summed E-state index contributed by atoms with van der Waals surface area (Å²) >= 11 is 0. The second-order valence-electron chi connectivity index (χ2n) is 5.01. The zero-order valence-corrected chi connectivity index (χ0v) is 10.0. The molecule has 1 aliphatic carbocycles. The van der Waals surface area contributed by atoms with Crippen molar-refractivity contribution >= 4 is 11.8 Å². The molecule has 1 saturated heterocycles. The molecular weight excluding hydrogens is 224 g/mol. The first-order valence-corrected chi connectivity index (χ1v) is 5.94. The lowest BCUT2D eigenvalue weighted by atomic mass is 9.56. The van der Waals surface area contributed by atoms with Crippen LogP contribution < -0.4 is 0 Å². The Hall–Kier alpha value is -0.940. The van der Waals surface area contributed by atoms with Crippen LogP contribution in [0.4, 0.5) is 0 Å². The highest BCUT2D eigenvalue weighted by molar-refractivity contribution is 5.98. The van der Waals surface area contributed by atoms with Crippen molar-refractivity contribution < 1.29 is 24.2 Å². The average molecular weight is 242 g/mol. The second kappa shape index (κ2) is 4.38. The quantitative estimate of drug-likeness (QED) is 0.796. The SMILES string of the molecule is COCC1(C2(C(=O)O)CC(=O)C2)CCCCO1. The lowest BCUT2D eigenvalue weighted by Crippen LogP contribution is -2.64. The number of carboxylic acids is 1. The van der Waals surface area contributed by atoms with E-state index in [0.717, 1.165) is 12.8 Å². The molecule has 0 aromatic rings. The summed E-state index contributed by atoms with van der Waals surface area (Å²) in [4.78, 5) is 22.8. The predicted octanol–water partition coefficient (Wildman–Crippen LogP) is 1.01. The fourth-order valence-corrected chi connectivity index (χ4v) is 3.00. The van der Waals surface area contributed by atoms with Crippen molar-refractivity contribution in [2.24, 2.45) is 5.41 Å². The zero-order chi connectivity index (χ0) is 12.5. The summed E-state index contributed by atoms with van der Waals surface area (Å²) in [6, 6.07) is 0. The lowest BCUT2D eigenvalue weighted by Gasteiger charge is -2.52. The summed E-state index contributed by atoms with van der Waals surface area (Å²) in [6.07, 6.45) is 2.67. The molecule has 0 spiro atoms. The van der Waals surface area contributed by atoms with Gasteiger partial charge in [0.05, 0.1) is 6.61 Å². The van der Waals surface area contributed by atoms with Crippen LogP contribution in [0.1, 0.15) is 32.1 Å². The summed E-state index contributed by atoms with van der Waals surface area (Å²) in [5.41, 5.74) is -1.89. The number of carbonyl (C=O) groups is 2. The molecule has 5 nitrogen and oxygen atoms in total. The Morgan fingerprint density at radius 2 is 2.18 bits per heavy atom. The topological polar surface area (TPSA) is 72.8 Å². The third kappa shape index (κ3) is 1.77. The number of methoxy groups -OCH3 is 1. The number of carboxylic acid groups (broad SMARTS) is 1. The molecule has 1 heterocycles. The van der Waals surface area contributed by atoms with Crippen molar-refractivity contribution in [3.63, 3.8) is 0 Å². The molecule has 0 amide bonds. The van der Waals surface area contributed by atoms with E-state index in [9.17, 15) is 14.7 Å². The Morgan fingerprint density at radius 3 is 2.59 bits per heavy atom. The maximum atomic E-state index is 11.5. The van der Waals surface area contributed by atoms with Gasteiger partial charge in [-0.1, -0.05) is 0 Å². The molecule has 5 heteroatoms. The van der Waals surface area contributed by atoms with Crippen LogP contribution in [-0.2, 0) is 19.1 Å². The molecule has 0 aromatic heterocycles. The van der Waals surface area contributed by atoms with Crippen LogP contribution in [0.15, 0.2) is 0 Å². The predicted molar refractivity (Wildman–Crippen MR) is 58.7 cm³/mol. The molecular formula is C12H18O5. The second-order valence-corrected chi connectivity index (χ2v) is 5.01. The van der Waals surface area contributed by atoms with Crippen molar-refractivity contribution in [1.29, 1.82) is 0 Å². The van der Waals surface area contributed by atoms with Gasteiger partial charge in [0.15, 0.2) is 0 Å². The minimum atomic E-state index is -1.07. The normalized spacial score (nSPS) is 31.9. The molecule has 1 N–H and O–H groups in total. The van der Waals surface area contributed by atoms with Gasteiger partial charge in [0.25, 0.3) is 0 Å². The maximum Gasteiger partial charge on any atom is 0.313 e. The zero-order valence-electron chi connectivity index (χ0n) is 10.0. The van der Waals surface area contributed by atoms with Crippen LogP contribution in [0, 0.1) is 5.41 Å². The number of ether oxygens (including phenoxy) is 2. The van der Waals surface area contributed by atoms with Gasteiger partial charge in [-0.2, -0.15) is 0 Å². The van der Waals surface area contributed by atoms with E-state index in [4.69, 9.17) is 9.47 Å². The Morgan fingerprint density at radius 1 is 1.47 bits per heavy atom. The van der Waals surface area contributed by atoms with E-state index in [1.807, 2.05) is 0 Å². The molecule has 2 aliphatic rings. The van der Waals surface area contributed by atoms with Gasteiger partial charge in [0, 0.05) is 26.6 Å². The minimum absolute atomic E-state index is 0.00273. The van der Waals surface area contributed by atoms with Crippen LogP contribution in [0.3, 0.4) is 0 Å². The Labute approximate surface area is 100 Å². The average Bonchev–Trinajstić information content (AvgIpc) is 2.25. The van der Waals surface area contributed by atoms with Crippen molar-refractivity contribution in [3.8, 4) is 0 Å². The first-order chi connectivity index (χ1) is 8.06. The van der Waals surface area contributed by atoms with Crippen molar-refractivity contribution in [2.75, 3.05) is 20.3 Å². The standard InChI is InChI=1S/C12H18O5/c1-16-8-12(4-2-3-5-17-12)11(10(14)15)6-9(13)7-11/h2-8H2,1H3,(H,14,15). The summed E-state index contributed by atoms with van der Waals surface area (Å²) in [5.74, 6) is -0.937. The molecule has 2 rings (SSSR count). The minimum Gasteiger partial charge on any atom is -0.481 e. The van der Waals surface area contributed by atoms with Gasteiger partial charge in [-0.05, 0) is 19.3 Å². The van der Waals surface area contributed by atoms with Gasteiger partial charge >= 0.3 is 5.97 Å². The molecule has 1 atom stereocenters. The summed E-state index contributed by atoms with van der Waals surface area (Å²) < 4.78 is 10.9. The van der Waals surface area contributed by atoms with Crippen LogP contribution in [0.2, 0.25) is 0 Å². The highest BCUT2D eigenvalue weighted by atomic mass is 16.5. The van der Waals surface area contributed by atoms with Crippen molar-refractivity contribution in [1.82, 2.24) is 0 Å². The Balaban J connectivity index is 2.29. The number of hydrogen-bond acceptors (Lipinski definition) is 4. The summed E-state index contributed by atoms with van der Waals surface area (Å²) in [7, 11) is 1.54. The smallest absolute Gasteiger partial charge is 0.313 e. The van der Waals surface area contributed by atoms with E-state index in [2.05, 4.69) is 0 Å². The largest absolute Gasteiger partial charge is 0.481 e. The number of Topliss-reactive ketones (excluding diaryl/α,β-unsaturated/α-hetero) is 1. The first-order valence-electron chi connectivity index (χ1n) is 5.94. The fourth-order valence-electron chi connectivity index (χ4n) is 3.00. The number of carbonyl (C=O) groups excluding carboxylic acids is 1. The number of aliphatic carboxylic acids is 1. The molecule has 1 aliphatic heterocycles. The number of ketones is 1. The van der Waals surface area contributed by atoms with Crippen LogP contribution in [0.5, 0.6) is 0 Å². The van der Waals surface area contributed by atoms with E-state index >= 15 is 0 Å². The van der Waals surface area contributed by atoms with Crippen molar-refractivity contribution in [2.45, 2.75) is 37.7 Å². The fraction of sp³-hybridized carbons (Fsp3) is 0.833. The van der Waals surface area contributed by atoms with Crippen LogP contribution in [-0.4, -0.2) is 42.8 Å². The van der Waals surface area contributed by atoms with E-state index in [-0.39, 0.29) is 25.2 Å². The molecule has 0 aromatic carbocycles. The van der Waals surface area contributed by atoms with E-state index in [1.54, 1.807) is 0 Å². The van der Waals surface area contributed by atoms with Gasteiger partial charge < -0.3 is 14.6 Å². The summed E-state index contributed by atoms with van der Waals surface area (Å²) in [6.45, 7) is 0.791. The number of hydrogen-bond donors (Lipinski definition) is 1. The van der Waals surface area contributed by atoms with E-state index in [1.165, 1.54) is 7.11 Å². The molecule has 0 bridgehead atoms. The van der Waals surface area contributed by atoms with E-state index < -0.39 is 17.0 Å². The lowest BCUT2D eigenvalue weighted by molar-refractivity contribution is -0.220. The molecule has 17 heavy (non-hydrogen) atoms. The van der Waals surface area contributed by atoms with Crippen LogP contribution in [0.25, 0.3) is 0 Å². The maximum absolute atomic E-state index is 11.5. The first kappa shape index (κ1) is 12.5.